The van der Waals surface area contributed by atoms with Crippen LogP contribution in [-0.4, -0.2) is 50.4 Å². The van der Waals surface area contributed by atoms with Crippen LogP contribution in [0.2, 0.25) is 0 Å². The van der Waals surface area contributed by atoms with E-state index in [2.05, 4.69) is 38.1 Å². The van der Waals surface area contributed by atoms with Crippen molar-refractivity contribution in [1.82, 2.24) is 0 Å². The first-order valence-electron chi connectivity index (χ1n) is 15.4. The molecule has 6 heteroatoms. The van der Waals surface area contributed by atoms with Crippen molar-refractivity contribution in [1.29, 1.82) is 0 Å². The van der Waals surface area contributed by atoms with E-state index in [9.17, 15) is 4.79 Å². The summed E-state index contributed by atoms with van der Waals surface area (Å²) in [5, 5.41) is 0. The molecule has 6 rings (SSSR count). The summed E-state index contributed by atoms with van der Waals surface area (Å²) < 4.78 is 29.6. The SMILES string of the molecule is CC1CCC(c2ccc(OCO[C@H]3CO[C@H]4[C@@H]3OC[C@H]4OC(=O)c3ccc([C@H]4CC[C@H](C)CC4)cc3)cc2)CC1. The van der Waals surface area contributed by atoms with Gasteiger partial charge in [0.25, 0.3) is 0 Å². The van der Waals surface area contributed by atoms with Crippen LogP contribution in [0.15, 0.2) is 48.5 Å². The summed E-state index contributed by atoms with van der Waals surface area (Å²) in [7, 11) is 0. The predicted molar refractivity (Wildman–Crippen MR) is 153 cm³/mol. The second kappa shape index (κ2) is 12.6. The van der Waals surface area contributed by atoms with Crippen molar-refractivity contribution in [3.05, 3.63) is 65.2 Å². The van der Waals surface area contributed by atoms with E-state index in [1.54, 1.807) is 0 Å². The highest BCUT2D eigenvalue weighted by molar-refractivity contribution is 5.89. The number of rotatable bonds is 8. The lowest BCUT2D eigenvalue weighted by atomic mass is 9.79. The highest BCUT2D eigenvalue weighted by atomic mass is 16.7. The largest absolute Gasteiger partial charge is 0.468 e. The quantitative estimate of drug-likeness (QED) is 0.261. The number of benzene rings is 2. The summed E-state index contributed by atoms with van der Waals surface area (Å²) in [6.45, 7) is 5.50. The zero-order valence-corrected chi connectivity index (χ0v) is 24.0. The van der Waals surface area contributed by atoms with E-state index >= 15 is 0 Å². The smallest absolute Gasteiger partial charge is 0.338 e. The minimum Gasteiger partial charge on any atom is -0.468 e. The first-order chi connectivity index (χ1) is 19.5. The van der Waals surface area contributed by atoms with Crippen molar-refractivity contribution in [3.63, 3.8) is 0 Å². The van der Waals surface area contributed by atoms with Crippen molar-refractivity contribution in [2.24, 2.45) is 11.8 Å². The predicted octanol–water partition coefficient (Wildman–Crippen LogP) is 7.02. The number of ether oxygens (including phenoxy) is 5. The standard InChI is InChI=1S/C34H44O6/c1-22-3-7-24(8-4-22)26-11-13-28(14-12-26)34(35)40-31-20-37-32-30(19-36-33(31)32)39-21-38-29-17-15-27(16-18-29)25-9-5-23(2)6-10-25/h11-18,22-25,30-33H,3-10,19-21H2,1-2H3/t22-,23?,24-,25?,30-,31+,32+,33+/m0/s1. The van der Waals surface area contributed by atoms with Gasteiger partial charge in [-0.05, 0) is 84.7 Å². The van der Waals surface area contributed by atoms with E-state index in [1.807, 2.05) is 24.3 Å². The Kier molecular flexibility index (Phi) is 8.76. The van der Waals surface area contributed by atoms with Gasteiger partial charge < -0.3 is 23.7 Å². The van der Waals surface area contributed by atoms with Gasteiger partial charge in [-0.3, -0.25) is 0 Å². The Bertz CT molecular complexity index is 1100. The Morgan fingerprint density at radius 3 is 1.77 bits per heavy atom. The average Bonchev–Trinajstić information content (AvgIpc) is 3.57. The van der Waals surface area contributed by atoms with Gasteiger partial charge in [0.15, 0.2) is 12.9 Å². The maximum atomic E-state index is 12.9. The van der Waals surface area contributed by atoms with E-state index in [1.165, 1.54) is 62.5 Å². The number of hydrogen-bond acceptors (Lipinski definition) is 6. The van der Waals surface area contributed by atoms with Crippen LogP contribution in [0.1, 0.15) is 98.5 Å². The molecule has 0 N–H and O–H groups in total. The molecule has 0 amide bonds. The summed E-state index contributed by atoms with van der Waals surface area (Å²) in [6.07, 6.45) is 8.91. The van der Waals surface area contributed by atoms with Crippen LogP contribution in [0.5, 0.6) is 5.75 Å². The highest BCUT2D eigenvalue weighted by Gasteiger charge is 2.50. The molecule has 0 bridgehead atoms. The zero-order valence-electron chi connectivity index (χ0n) is 24.0. The number of fused-ring (bicyclic) bond motifs is 1. The van der Waals surface area contributed by atoms with Crippen molar-refractivity contribution >= 4 is 5.97 Å². The molecule has 0 aromatic heterocycles. The first kappa shape index (κ1) is 27.7. The van der Waals surface area contributed by atoms with Crippen molar-refractivity contribution in [2.45, 2.75) is 101 Å². The third-order valence-electron chi connectivity index (χ3n) is 9.73. The Labute approximate surface area is 238 Å². The van der Waals surface area contributed by atoms with Crippen LogP contribution in [-0.2, 0) is 18.9 Å². The lowest BCUT2D eigenvalue weighted by molar-refractivity contribution is -0.0839. The lowest BCUT2D eigenvalue weighted by Gasteiger charge is -2.26. The fourth-order valence-electron chi connectivity index (χ4n) is 6.98. The molecule has 4 fully saturated rings. The molecule has 0 spiro atoms. The van der Waals surface area contributed by atoms with Gasteiger partial charge >= 0.3 is 5.97 Å². The van der Waals surface area contributed by atoms with E-state index in [-0.39, 0.29) is 31.1 Å². The summed E-state index contributed by atoms with van der Waals surface area (Å²) in [5.74, 6) is 3.41. The average molecular weight is 549 g/mol. The molecule has 4 atom stereocenters. The van der Waals surface area contributed by atoms with Gasteiger partial charge in [0.2, 0.25) is 0 Å². The molecule has 2 aromatic carbocycles. The van der Waals surface area contributed by atoms with E-state index < -0.39 is 6.10 Å². The maximum absolute atomic E-state index is 12.9. The molecule has 0 radical (unpaired) electrons. The summed E-state index contributed by atoms with van der Waals surface area (Å²) >= 11 is 0. The summed E-state index contributed by atoms with van der Waals surface area (Å²) in [4.78, 5) is 12.9. The second-order valence-corrected chi connectivity index (χ2v) is 12.6. The van der Waals surface area contributed by atoms with Crippen LogP contribution < -0.4 is 4.74 Å². The third-order valence-corrected chi connectivity index (χ3v) is 9.73. The molecule has 2 saturated heterocycles. The molecule has 2 saturated carbocycles. The molecular weight excluding hydrogens is 504 g/mol. The van der Waals surface area contributed by atoms with Gasteiger partial charge in [0.1, 0.15) is 24.1 Å². The summed E-state index contributed by atoms with van der Waals surface area (Å²) in [6, 6.07) is 16.4. The van der Waals surface area contributed by atoms with Gasteiger partial charge in [0, 0.05) is 0 Å². The van der Waals surface area contributed by atoms with Gasteiger partial charge in [-0.2, -0.15) is 0 Å². The minimum atomic E-state index is -0.443. The normalized spacial score (nSPS) is 33.9. The molecule has 216 valence electrons. The van der Waals surface area contributed by atoms with Crippen LogP contribution in [0.3, 0.4) is 0 Å². The Morgan fingerprint density at radius 2 is 1.20 bits per heavy atom. The van der Waals surface area contributed by atoms with Gasteiger partial charge in [-0.15, -0.1) is 0 Å². The molecule has 40 heavy (non-hydrogen) atoms. The van der Waals surface area contributed by atoms with Crippen molar-refractivity contribution in [2.75, 3.05) is 20.0 Å². The topological polar surface area (TPSA) is 63.2 Å². The van der Waals surface area contributed by atoms with Crippen LogP contribution >= 0.6 is 0 Å². The number of carbonyl (C=O) groups excluding carboxylic acids is 1. The summed E-state index contributed by atoms with van der Waals surface area (Å²) in [5.41, 5.74) is 3.30. The van der Waals surface area contributed by atoms with Crippen molar-refractivity contribution < 1.29 is 28.5 Å². The van der Waals surface area contributed by atoms with Gasteiger partial charge in [0.05, 0.1) is 18.8 Å². The number of esters is 1. The molecule has 2 aromatic rings. The third kappa shape index (κ3) is 6.40. The monoisotopic (exact) mass is 548 g/mol. The number of hydrogen-bond donors (Lipinski definition) is 0. The van der Waals surface area contributed by atoms with Crippen LogP contribution in [0.25, 0.3) is 0 Å². The van der Waals surface area contributed by atoms with E-state index in [0.717, 1.165) is 17.6 Å². The highest BCUT2D eigenvalue weighted by Crippen LogP contribution is 2.37. The molecule has 6 nitrogen and oxygen atoms in total. The van der Waals surface area contributed by atoms with Crippen LogP contribution in [0, 0.1) is 11.8 Å². The molecular formula is C34H44O6. The molecule has 0 unspecified atom stereocenters. The second-order valence-electron chi connectivity index (χ2n) is 12.6. The minimum absolute atomic E-state index is 0.123. The van der Waals surface area contributed by atoms with E-state index in [4.69, 9.17) is 23.7 Å². The molecule has 4 aliphatic rings. The maximum Gasteiger partial charge on any atom is 0.338 e. The fourth-order valence-corrected chi connectivity index (χ4v) is 6.98. The Balaban J connectivity index is 0.944. The van der Waals surface area contributed by atoms with Gasteiger partial charge in [-0.25, -0.2) is 4.79 Å². The Morgan fingerprint density at radius 1 is 0.700 bits per heavy atom. The van der Waals surface area contributed by atoms with Crippen LogP contribution in [0.4, 0.5) is 0 Å². The fraction of sp³-hybridized carbons (Fsp3) is 0.618. The lowest BCUT2D eigenvalue weighted by Crippen LogP contribution is -2.35. The van der Waals surface area contributed by atoms with Gasteiger partial charge in [-0.1, -0.05) is 63.8 Å². The molecule has 2 aliphatic carbocycles. The zero-order chi connectivity index (χ0) is 27.5. The van der Waals surface area contributed by atoms with E-state index in [0.29, 0.717) is 30.6 Å². The molecule has 2 aliphatic heterocycles. The first-order valence-corrected chi connectivity index (χ1v) is 15.4. The Hall–Kier alpha value is -2.41. The molecule has 2 heterocycles. The number of carbonyl (C=O) groups is 1. The van der Waals surface area contributed by atoms with Crippen molar-refractivity contribution in [3.8, 4) is 5.75 Å².